The highest BCUT2D eigenvalue weighted by atomic mass is 35.5. The van der Waals surface area contributed by atoms with Gasteiger partial charge in [0.25, 0.3) is 0 Å². The summed E-state index contributed by atoms with van der Waals surface area (Å²) in [5.41, 5.74) is 1.81. The number of hydrogen-bond donors (Lipinski definition) is 2. The van der Waals surface area contributed by atoms with E-state index in [2.05, 4.69) is 15.6 Å². The van der Waals surface area contributed by atoms with Gasteiger partial charge in [0.1, 0.15) is 5.65 Å². The smallest absolute Gasteiger partial charge is 0.315 e. The monoisotopic (exact) mass is 306 g/mol. The van der Waals surface area contributed by atoms with Gasteiger partial charge in [-0.2, -0.15) is 0 Å². The first-order valence-electron chi connectivity index (χ1n) is 7.38. The third-order valence-corrected chi connectivity index (χ3v) is 4.05. The Morgan fingerprint density at radius 3 is 2.95 bits per heavy atom. The molecule has 2 aromatic heterocycles. The number of halogens is 1. The first-order chi connectivity index (χ1) is 10.2. The van der Waals surface area contributed by atoms with Gasteiger partial charge >= 0.3 is 6.03 Å². The van der Waals surface area contributed by atoms with E-state index in [9.17, 15) is 4.79 Å². The number of amides is 2. The summed E-state index contributed by atoms with van der Waals surface area (Å²) in [6.45, 7) is 0.580. The van der Waals surface area contributed by atoms with E-state index in [1.54, 1.807) is 0 Å². The molecule has 1 fully saturated rings. The van der Waals surface area contributed by atoms with Crippen LogP contribution < -0.4 is 10.6 Å². The highest BCUT2D eigenvalue weighted by Gasteiger charge is 2.16. The van der Waals surface area contributed by atoms with Crippen molar-refractivity contribution in [3.8, 4) is 0 Å². The van der Waals surface area contributed by atoms with Gasteiger partial charge in [-0.15, -0.1) is 0 Å². The molecule has 6 heteroatoms. The Balaban J connectivity index is 1.48. The number of nitrogens with one attached hydrogen (secondary N) is 2. The van der Waals surface area contributed by atoms with Crippen molar-refractivity contribution in [1.29, 1.82) is 0 Å². The van der Waals surface area contributed by atoms with E-state index in [-0.39, 0.29) is 6.03 Å². The average Bonchev–Trinajstić information content (AvgIpc) is 3.07. The lowest BCUT2D eigenvalue weighted by Crippen LogP contribution is -2.41. The van der Waals surface area contributed by atoms with E-state index in [4.69, 9.17) is 11.6 Å². The summed E-state index contributed by atoms with van der Waals surface area (Å²) >= 11 is 5.94. The predicted molar refractivity (Wildman–Crippen MR) is 82.7 cm³/mol. The molecule has 0 saturated heterocycles. The topological polar surface area (TPSA) is 58.4 Å². The lowest BCUT2D eigenvalue weighted by atomic mass is 10.2. The van der Waals surface area contributed by atoms with Crippen molar-refractivity contribution in [2.75, 3.05) is 6.54 Å². The summed E-state index contributed by atoms with van der Waals surface area (Å²) in [5.74, 6) is 0. The third-order valence-electron chi connectivity index (χ3n) is 3.82. The van der Waals surface area contributed by atoms with Crippen molar-refractivity contribution in [3.63, 3.8) is 0 Å². The summed E-state index contributed by atoms with van der Waals surface area (Å²) in [6, 6.07) is 3.98. The first kappa shape index (κ1) is 14.2. The van der Waals surface area contributed by atoms with Crippen LogP contribution in [0.25, 0.3) is 5.65 Å². The quantitative estimate of drug-likeness (QED) is 0.912. The van der Waals surface area contributed by atoms with Crippen LogP contribution in [0.15, 0.2) is 24.5 Å². The molecule has 0 aromatic carbocycles. The average molecular weight is 307 g/mol. The minimum atomic E-state index is -0.0753. The highest BCUT2D eigenvalue weighted by Crippen LogP contribution is 2.17. The second kappa shape index (κ2) is 6.35. The molecule has 0 radical (unpaired) electrons. The van der Waals surface area contributed by atoms with Gasteiger partial charge in [0.05, 0.1) is 10.7 Å². The molecule has 0 unspecified atom stereocenters. The zero-order valence-electron chi connectivity index (χ0n) is 11.8. The van der Waals surface area contributed by atoms with Gasteiger partial charge in [0, 0.05) is 31.4 Å². The predicted octanol–water partition coefficient (Wildman–Crippen LogP) is 2.77. The molecule has 2 heterocycles. The molecule has 1 aliphatic rings. The van der Waals surface area contributed by atoms with Crippen molar-refractivity contribution in [2.45, 2.75) is 38.1 Å². The summed E-state index contributed by atoms with van der Waals surface area (Å²) in [7, 11) is 0. The number of aromatic nitrogens is 2. The van der Waals surface area contributed by atoms with Crippen molar-refractivity contribution >= 4 is 23.3 Å². The van der Waals surface area contributed by atoms with E-state index in [0.717, 1.165) is 24.2 Å². The van der Waals surface area contributed by atoms with Gasteiger partial charge in [0.15, 0.2) is 0 Å². The maximum Gasteiger partial charge on any atom is 0.315 e. The Bertz CT molecular complexity index is 634. The molecule has 21 heavy (non-hydrogen) atoms. The van der Waals surface area contributed by atoms with Crippen LogP contribution in [0.2, 0.25) is 5.02 Å². The maximum absolute atomic E-state index is 11.7. The van der Waals surface area contributed by atoms with Crippen molar-refractivity contribution in [2.24, 2.45) is 0 Å². The highest BCUT2D eigenvalue weighted by molar-refractivity contribution is 6.30. The van der Waals surface area contributed by atoms with E-state index in [1.807, 2.05) is 28.9 Å². The Hall–Kier alpha value is -1.75. The Labute approximate surface area is 128 Å². The molecule has 0 atom stereocenters. The first-order valence-corrected chi connectivity index (χ1v) is 7.76. The summed E-state index contributed by atoms with van der Waals surface area (Å²) in [4.78, 5) is 16.2. The van der Waals surface area contributed by atoms with Gasteiger partial charge < -0.3 is 15.0 Å². The normalized spacial score (nSPS) is 15.5. The Morgan fingerprint density at radius 1 is 1.33 bits per heavy atom. The largest absolute Gasteiger partial charge is 0.338 e. The van der Waals surface area contributed by atoms with Crippen LogP contribution >= 0.6 is 11.6 Å². The molecule has 0 spiro atoms. The summed E-state index contributed by atoms with van der Waals surface area (Å²) in [6.07, 6.45) is 9.10. The van der Waals surface area contributed by atoms with Gasteiger partial charge in [-0.3, -0.25) is 0 Å². The molecule has 0 bridgehead atoms. The van der Waals surface area contributed by atoms with Crippen molar-refractivity contribution in [1.82, 2.24) is 20.0 Å². The van der Waals surface area contributed by atoms with E-state index in [0.29, 0.717) is 24.0 Å². The van der Waals surface area contributed by atoms with Gasteiger partial charge in [-0.25, -0.2) is 9.78 Å². The third kappa shape index (κ3) is 3.67. The van der Waals surface area contributed by atoms with Gasteiger partial charge in [-0.1, -0.05) is 24.4 Å². The number of nitrogens with zero attached hydrogens (tertiary/aromatic N) is 2. The fourth-order valence-corrected chi connectivity index (χ4v) is 2.92. The van der Waals surface area contributed by atoms with Crippen LogP contribution in [-0.4, -0.2) is 28.0 Å². The molecule has 112 valence electrons. The van der Waals surface area contributed by atoms with Gasteiger partial charge in [-0.05, 0) is 25.0 Å². The second-order valence-corrected chi connectivity index (χ2v) is 5.91. The molecule has 5 nitrogen and oxygen atoms in total. The minimum absolute atomic E-state index is 0.0753. The van der Waals surface area contributed by atoms with Crippen LogP contribution in [0.4, 0.5) is 4.79 Å². The molecular weight excluding hydrogens is 288 g/mol. The number of carbonyl (C=O) groups is 1. The summed E-state index contributed by atoms with van der Waals surface area (Å²) < 4.78 is 1.90. The molecule has 2 amide bonds. The molecule has 1 aliphatic carbocycles. The lowest BCUT2D eigenvalue weighted by molar-refractivity contribution is 0.237. The molecule has 3 rings (SSSR count). The van der Waals surface area contributed by atoms with Crippen LogP contribution in [-0.2, 0) is 6.42 Å². The fraction of sp³-hybridized carbons (Fsp3) is 0.467. The lowest BCUT2D eigenvalue weighted by Gasteiger charge is -2.12. The van der Waals surface area contributed by atoms with Crippen LogP contribution in [0.5, 0.6) is 0 Å². The van der Waals surface area contributed by atoms with Crippen molar-refractivity contribution in [3.05, 3.63) is 35.2 Å². The number of rotatable bonds is 4. The van der Waals surface area contributed by atoms with Crippen molar-refractivity contribution < 1.29 is 4.79 Å². The molecule has 1 saturated carbocycles. The number of carbonyl (C=O) groups excluding carboxylic acids is 1. The number of urea groups is 1. The standard InChI is InChI=1S/C15H19ClN4O/c16-11-5-6-14-18-13(10-20(14)9-11)7-8-17-15(21)19-12-3-1-2-4-12/h5-6,9-10,12H,1-4,7-8H2,(H2,17,19,21). The zero-order valence-corrected chi connectivity index (χ0v) is 12.6. The summed E-state index contributed by atoms with van der Waals surface area (Å²) in [5, 5.41) is 6.58. The van der Waals surface area contributed by atoms with Gasteiger partial charge in [0.2, 0.25) is 0 Å². The molecule has 2 aromatic rings. The van der Waals surface area contributed by atoms with E-state index >= 15 is 0 Å². The Morgan fingerprint density at radius 2 is 2.14 bits per heavy atom. The number of imidazole rings is 1. The number of pyridine rings is 1. The molecule has 0 aliphatic heterocycles. The van der Waals surface area contributed by atoms with Crippen LogP contribution in [0.3, 0.4) is 0 Å². The van der Waals surface area contributed by atoms with E-state index < -0.39 is 0 Å². The minimum Gasteiger partial charge on any atom is -0.338 e. The van der Waals surface area contributed by atoms with E-state index in [1.165, 1.54) is 12.8 Å². The van der Waals surface area contributed by atoms with Crippen LogP contribution in [0, 0.1) is 0 Å². The second-order valence-electron chi connectivity index (χ2n) is 5.48. The fourth-order valence-electron chi connectivity index (χ4n) is 2.75. The molecular formula is C15H19ClN4O. The SMILES string of the molecule is O=C(NCCc1cn2cc(Cl)ccc2n1)NC1CCCC1. The number of hydrogen-bond acceptors (Lipinski definition) is 2. The maximum atomic E-state index is 11.7. The van der Waals surface area contributed by atoms with Crippen LogP contribution in [0.1, 0.15) is 31.4 Å². The Kier molecular flexibility index (Phi) is 4.29. The zero-order chi connectivity index (χ0) is 14.7. The number of fused-ring (bicyclic) bond motifs is 1. The molecule has 2 N–H and O–H groups in total.